The topological polar surface area (TPSA) is 27.7 Å². The van der Waals surface area contributed by atoms with Crippen LogP contribution in [0, 0.1) is 0 Å². The molecule has 16 heavy (non-hydrogen) atoms. The molecule has 0 radical (unpaired) electrons. The van der Waals surface area contributed by atoms with Crippen molar-refractivity contribution in [3.63, 3.8) is 0 Å². The lowest BCUT2D eigenvalue weighted by atomic mass is 10.0. The van der Waals surface area contributed by atoms with E-state index in [2.05, 4.69) is 0 Å². The first-order chi connectivity index (χ1) is 7.55. The van der Waals surface area contributed by atoms with E-state index in [0.29, 0.717) is 0 Å². The molecular weight excluding hydrogens is 204 g/mol. The van der Waals surface area contributed by atoms with Gasteiger partial charge in [-0.3, -0.25) is 0 Å². The number of hydrogen-bond donors (Lipinski definition) is 0. The van der Waals surface area contributed by atoms with Crippen molar-refractivity contribution in [3.05, 3.63) is 23.8 Å². The van der Waals surface area contributed by atoms with Gasteiger partial charge >= 0.3 is 0 Å². The second kappa shape index (κ2) is 3.74. The fourth-order valence-corrected chi connectivity index (χ4v) is 1.71. The van der Waals surface area contributed by atoms with E-state index in [9.17, 15) is 0 Å². The maximum atomic E-state index is 5.86. The SMILES string of the molecule is COc1cc(OC)c2c(c1)OC(C)(C)C=C2. The largest absolute Gasteiger partial charge is 0.496 e. The van der Waals surface area contributed by atoms with E-state index < -0.39 is 0 Å². The Hall–Kier alpha value is -1.64. The molecule has 0 fully saturated rings. The van der Waals surface area contributed by atoms with Crippen LogP contribution in [0.2, 0.25) is 0 Å². The summed E-state index contributed by atoms with van der Waals surface area (Å²) in [4.78, 5) is 0. The lowest BCUT2D eigenvalue weighted by Crippen LogP contribution is -2.27. The lowest BCUT2D eigenvalue weighted by Gasteiger charge is -2.28. The Bertz CT molecular complexity index is 433. The Morgan fingerprint density at radius 2 is 1.88 bits per heavy atom. The van der Waals surface area contributed by atoms with Crippen molar-refractivity contribution in [2.24, 2.45) is 0 Å². The first-order valence-corrected chi connectivity index (χ1v) is 5.20. The fourth-order valence-electron chi connectivity index (χ4n) is 1.71. The molecule has 3 nitrogen and oxygen atoms in total. The van der Waals surface area contributed by atoms with Crippen LogP contribution in [0.5, 0.6) is 17.2 Å². The predicted octanol–water partition coefficient (Wildman–Crippen LogP) is 2.89. The van der Waals surface area contributed by atoms with E-state index in [0.717, 1.165) is 22.8 Å². The number of rotatable bonds is 2. The monoisotopic (exact) mass is 220 g/mol. The van der Waals surface area contributed by atoms with Crippen molar-refractivity contribution >= 4 is 6.08 Å². The molecule has 0 atom stereocenters. The molecule has 0 spiro atoms. The smallest absolute Gasteiger partial charge is 0.135 e. The van der Waals surface area contributed by atoms with Crippen LogP contribution in [-0.2, 0) is 0 Å². The average Bonchev–Trinajstić information content (AvgIpc) is 2.25. The highest BCUT2D eigenvalue weighted by Gasteiger charge is 2.24. The summed E-state index contributed by atoms with van der Waals surface area (Å²) in [6.07, 6.45) is 4.04. The highest BCUT2D eigenvalue weighted by Crippen LogP contribution is 2.39. The molecule has 1 aliphatic rings. The van der Waals surface area contributed by atoms with Crippen molar-refractivity contribution in [3.8, 4) is 17.2 Å². The first-order valence-electron chi connectivity index (χ1n) is 5.20. The van der Waals surface area contributed by atoms with Crippen LogP contribution >= 0.6 is 0 Å². The van der Waals surface area contributed by atoms with Crippen LogP contribution in [-0.4, -0.2) is 19.8 Å². The Balaban J connectivity index is 2.53. The van der Waals surface area contributed by atoms with Crippen LogP contribution in [0.25, 0.3) is 6.08 Å². The van der Waals surface area contributed by atoms with Gasteiger partial charge in [-0.1, -0.05) is 0 Å². The molecule has 2 rings (SSSR count). The minimum absolute atomic E-state index is 0.287. The summed E-state index contributed by atoms with van der Waals surface area (Å²) in [5.74, 6) is 2.30. The zero-order chi connectivity index (χ0) is 11.8. The Morgan fingerprint density at radius 3 is 2.50 bits per heavy atom. The molecule has 0 aliphatic carbocycles. The molecule has 1 aromatic carbocycles. The molecule has 1 aromatic rings. The second-order valence-corrected chi connectivity index (χ2v) is 4.28. The standard InChI is InChI=1S/C13H16O3/c1-13(2)6-5-10-11(15-4)7-9(14-3)8-12(10)16-13/h5-8H,1-4H3. The highest BCUT2D eigenvalue weighted by atomic mass is 16.5. The van der Waals surface area contributed by atoms with Gasteiger partial charge in [0.25, 0.3) is 0 Å². The molecule has 0 aromatic heterocycles. The van der Waals surface area contributed by atoms with E-state index in [-0.39, 0.29) is 5.60 Å². The number of hydrogen-bond acceptors (Lipinski definition) is 3. The number of benzene rings is 1. The number of methoxy groups -OCH3 is 2. The van der Waals surface area contributed by atoms with E-state index >= 15 is 0 Å². The lowest BCUT2D eigenvalue weighted by molar-refractivity contribution is 0.157. The van der Waals surface area contributed by atoms with Gasteiger partial charge in [-0.05, 0) is 26.0 Å². The molecule has 0 saturated heterocycles. The van der Waals surface area contributed by atoms with Gasteiger partial charge in [0, 0.05) is 12.1 Å². The first kappa shape index (κ1) is 10.9. The van der Waals surface area contributed by atoms with E-state index in [1.54, 1.807) is 14.2 Å². The van der Waals surface area contributed by atoms with Gasteiger partial charge in [0.05, 0.1) is 19.8 Å². The molecular formula is C13H16O3. The minimum Gasteiger partial charge on any atom is -0.496 e. The predicted molar refractivity (Wildman–Crippen MR) is 63.3 cm³/mol. The van der Waals surface area contributed by atoms with Crippen molar-refractivity contribution in [1.29, 1.82) is 0 Å². The Kier molecular flexibility index (Phi) is 2.54. The van der Waals surface area contributed by atoms with Gasteiger partial charge in [0.2, 0.25) is 0 Å². The summed E-state index contributed by atoms with van der Waals surface area (Å²) in [5.41, 5.74) is 0.673. The molecule has 3 heteroatoms. The number of fused-ring (bicyclic) bond motifs is 1. The molecule has 1 aliphatic heterocycles. The van der Waals surface area contributed by atoms with Crippen LogP contribution in [0.15, 0.2) is 18.2 Å². The molecule has 0 saturated carbocycles. The fraction of sp³-hybridized carbons (Fsp3) is 0.385. The van der Waals surface area contributed by atoms with Gasteiger partial charge in [0.1, 0.15) is 22.8 Å². The van der Waals surface area contributed by atoms with Gasteiger partial charge in [-0.25, -0.2) is 0 Å². The number of ether oxygens (including phenoxy) is 3. The van der Waals surface area contributed by atoms with Gasteiger partial charge < -0.3 is 14.2 Å². The third-order valence-electron chi connectivity index (χ3n) is 2.56. The molecule has 0 unspecified atom stereocenters. The van der Waals surface area contributed by atoms with Gasteiger partial charge in [-0.15, -0.1) is 0 Å². The van der Waals surface area contributed by atoms with Crippen molar-refractivity contribution in [2.45, 2.75) is 19.4 Å². The summed E-state index contributed by atoms with van der Waals surface area (Å²) in [5, 5.41) is 0. The van der Waals surface area contributed by atoms with E-state index in [1.807, 2.05) is 38.1 Å². The van der Waals surface area contributed by atoms with Crippen molar-refractivity contribution in [2.75, 3.05) is 14.2 Å². The van der Waals surface area contributed by atoms with Crippen molar-refractivity contribution < 1.29 is 14.2 Å². The average molecular weight is 220 g/mol. The van der Waals surface area contributed by atoms with Crippen LogP contribution in [0.1, 0.15) is 19.4 Å². The third kappa shape index (κ3) is 1.85. The maximum Gasteiger partial charge on any atom is 0.135 e. The van der Waals surface area contributed by atoms with E-state index in [4.69, 9.17) is 14.2 Å². The summed E-state index contributed by atoms with van der Waals surface area (Å²) < 4.78 is 16.4. The Labute approximate surface area is 95.6 Å². The van der Waals surface area contributed by atoms with Crippen molar-refractivity contribution in [1.82, 2.24) is 0 Å². The highest BCUT2D eigenvalue weighted by molar-refractivity contribution is 5.69. The van der Waals surface area contributed by atoms with E-state index in [1.165, 1.54) is 0 Å². The second-order valence-electron chi connectivity index (χ2n) is 4.28. The normalized spacial score (nSPS) is 16.2. The molecule has 0 N–H and O–H groups in total. The summed E-state index contributed by atoms with van der Waals surface area (Å²) in [6.45, 7) is 4.02. The van der Waals surface area contributed by atoms with Crippen LogP contribution in [0.3, 0.4) is 0 Å². The molecule has 1 heterocycles. The van der Waals surface area contributed by atoms with Crippen LogP contribution < -0.4 is 14.2 Å². The molecule has 0 bridgehead atoms. The minimum atomic E-state index is -0.287. The molecule has 86 valence electrons. The van der Waals surface area contributed by atoms with Crippen LogP contribution in [0.4, 0.5) is 0 Å². The van der Waals surface area contributed by atoms with Gasteiger partial charge in [-0.2, -0.15) is 0 Å². The molecule has 0 amide bonds. The quantitative estimate of drug-likeness (QED) is 0.767. The Morgan fingerprint density at radius 1 is 1.12 bits per heavy atom. The third-order valence-corrected chi connectivity index (χ3v) is 2.56. The summed E-state index contributed by atoms with van der Waals surface area (Å²) in [7, 11) is 3.27. The van der Waals surface area contributed by atoms with Gasteiger partial charge in [0.15, 0.2) is 0 Å². The summed E-state index contributed by atoms with van der Waals surface area (Å²) >= 11 is 0. The zero-order valence-electron chi connectivity index (χ0n) is 10.0. The summed E-state index contributed by atoms with van der Waals surface area (Å²) in [6, 6.07) is 3.73. The maximum absolute atomic E-state index is 5.86. The zero-order valence-corrected chi connectivity index (χ0v) is 10.0.